The maximum Gasteiger partial charge on any atom is 0.218 e. The second-order valence-electron chi connectivity index (χ2n) is 7.45. The molecule has 0 radical (unpaired) electrons. The van der Waals surface area contributed by atoms with Crippen molar-refractivity contribution < 1.29 is 4.74 Å². The van der Waals surface area contributed by atoms with Crippen molar-refractivity contribution in [1.29, 1.82) is 10.7 Å². The van der Waals surface area contributed by atoms with Gasteiger partial charge in [0.25, 0.3) is 0 Å². The summed E-state index contributed by atoms with van der Waals surface area (Å²) in [6.07, 6.45) is 0. The third-order valence-electron chi connectivity index (χ3n) is 4.32. The number of nitrogens with one attached hydrogen (secondary N) is 1. The smallest absolute Gasteiger partial charge is 0.218 e. The van der Waals surface area contributed by atoms with Gasteiger partial charge in [-0.1, -0.05) is 20.8 Å². The van der Waals surface area contributed by atoms with Gasteiger partial charge in [0.2, 0.25) is 5.06 Å². The molecule has 6 heteroatoms. The molecule has 1 aromatic heterocycles. The minimum absolute atomic E-state index is 0.211. The van der Waals surface area contributed by atoms with Crippen molar-refractivity contribution in [3.63, 3.8) is 0 Å². The Kier molecular flexibility index (Phi) is 5.72. The first kappa shape index (κ1) is 19.9. The molecule has 0 atom stereocenters. The van der Waals surface area contributed by atoms with E-state index in [0.717, 1.165) is 28.9 Å². The molecule has 0 amide bonds. The van der Waals surface area contributed by atoms with Gasteiger partial charge in [-0.15, -0.1) is 0 Å². The fraction of sp³-hybridized carbons (Fsp3) is 0.450. The van der Waals surface area contributed by atoms with E-state index in [1.807, 2.05) is 65.6 Å². The maximum absolute atomic E-state index is 9.56. The molecule has 2 rings (SSSR count). The molecule has 0 bridgehead atoms. The highest BCUT2D eigenvalue weighted by atomic mass is 32.1. The number of nitriles is 1. The molecule has 0 fully saturated rings. The molecule has 1 heterocycles. The Bertz CT molecular complexity index is 871. The largest absolute Gasteiger partial charge is 0.443 e. The first-order valence-corrected chi connectivity index (χ1v) is 9.36. The van der Waals surface area contributed by atoms with Gasteiger partial charge in [-0.3, -0.25) is 5.41 Å². The summed E-state index contributed by atoms with van der Waals surface area (Å²) in [5, 5.41) is 18.4. The Morgan fingerprint density at radius 3 is 2.50 bits per heavy atom. The number of rotatable bonds is 4. The van der Waals surface area contributed by atoms with Crippen LogP contribution in [-0.4, -0.2) is 28.7 Å². The monoisotopic (exact) mass is 370 g/mol. The van der Waals surface area contributed by atoms with Crippen LogP contribution in [0.2, 0.25) is 0 Å². The van der Waals surface area contributed by atoms with Crippen molar-refractivity contribution in [3.8, 4) is 16.9 Å². The number of amidine groups is 1. The summed E-state index contributed by atoms with van der Waals surface area (Å²) in [6, 6.07) is 6.14. The molecular weight excluding hydrogens is 344 g/mol. The molecule has 5 nitrogen and oxygen atoms in total. The molecule has 2 aromatic rings. The summed E-state index contributed by atoms with van der Waals surface area (Å²) in [5.41, 5.74) is 3.83. The zero-order valence-electron chi connectivity index (χ0n) is 16.5. The van der Waals surface area contributed by atoms with Gasteiger partial charge in [-0.2, -0.15) is 9.64 Å². The molecule has 0 aliphatic heterocycles. The summed E-state index contributed by atoms with van der Waals surface area (Å²) in [6.45, 7) is 12.8. The lowest BCUT2D eigenvalue weighted by Gasteiger charge is -2.20. The molecular formula is C20H26N4OS. The Hall–Kier alpha value is -2.39. The van der Waals surface area contributed by atoms with E-state index in [9.17, 15) is 5.26 Å². The Labute approximate surface area is 159 Å². The minimum Gasteiger partial charge on any atom is -0.443 e. The number of hydrogen-bond acceptors (Lipinski definition) is 5. The first-order valence-electron chi connectivity index (χ1n) is 8.59. The average Bonchev–Trinajstić information content (AvgIpc) is 2.99. The van der Waals surface area contributed by atoms with E-state index in [-0.39, 0.29) is 5.41 Å². The van der Waals surface area contributed by atoms with Gasteiger partial charge in [0, 0.05) is 36.1 Å². The van der Waals surface area contributed by atoms with Crippen LogP contribution >= 0.6 is 11.5 Å². The van der Waals surface area contributed by atoms with Crippen molar-refractivity contribution in [2.24, 2.45) is 0 Å². The summed E-state index contributed by atoms with van der Waals surface area (Å²) in [5.74, 6) is 1.18. The van der Waals surface area contributed by atoms with Crippen LogP contribution < -0.4 is 4.74 Å². The van der Waals surface area contributed by atoms with E-state index < -0.39 is 0 Å². The van der Waals surface area contributed by atoms with E-state index in [1.54, 1.807) is 0 Å². The number of hydrogen-bond donors (Lipinski definition) is 1. The summed E-state index contributed by atoms with van der Waals surface area (Å²) in [7, 11) is 1.91. The van der Waals surface area contributed by atoms with E-state index in [2.05, 4.69) is 10.4 Å². The second kappa shape index (κ2) is 7.46. The lowest BCUT2D eigenvalue weighted by molar-refractivity contribution is 0.487. The molecule has 138 valence electrons. The number of benzene rings is 1. The van der Waals surface area contributed by atoms with Crippen molar-refractivity contribution >= 4 is 17.4 Å². The van der Waals surface area contributed by atoms with Crippen LogP contribution in [-0.2, 0) is 5.41 Å². The van der Waals surface area contributed by atoms with Crippen molar-refractivity contribution in [2.45, 2.75) is 47.0 Å². The van der Waals surface area contributed by atoms with Crippen molar-refractivity contribution in [1.82, 2.24) is 9.27 Å². The molecule has 0 saturated heterocycles. The van der Waals surface area contributed by atoms with Crippen LogP contribution in [0, 0.1) is 30.6 Å². The molecule has 1 N–H and O–H groups in total. The van der Waals surface area contributed by atoms with E-state index in [4.69, 9.17) is 10.1 Å². The highest BCUT2D eigenvalue weighted by Crippen LogP contribution is 2.38. The Morgan fingerprint density at radius 1 is 1.31 bits per heavy atom. The molecule has 26 heavy (non-hydrogen) atoms. The normalized spacial score (nSPS) is 11.2. The van der Waals surface area contributed by atoms with Crippen LogP contribution in [0.4, 0.5) is 0 Å². The van der Waals surface area contributed by atoms with E-state index in [0.29, 0.717) is 22.2 Å². The van der Waals surface area contributed by atoms with Gasteiger partial charge >= 0.3 is 0 Å². The molecule has 0 saturated carbocycles. The predicted molar refractivity (Wildman–Crippen MR) is 107 cm³/mol. The Balaban J connectivity index is 2.41. The fourth-order valence-electron chi connectivity index (χ4n) is 2.57. The van der Waals surface area contributed by atoms with Crippen LogP contribution in [0.25, 0.3) is 0 Å². The summed E-state index contributed by atoms with van der Waals surface area (Å²) < 4.78 is 10.5. The average molecular weight is 371 g/mol. The lowest BCUT2D eigenvalue weighted by Crippen LogP contribution is -2.27. The highest BCUT2D eigenvalue weighted by molar-refractivity contribution is 7.08. The van der Waals surface area contributed by atoms with Gasteiger partial charge in [0.15, 0.2) is 0 Å². The number of nitrogens with zero attached hydrogens (tertiary/aromatic N) is 3. The molecule has 0 spiro atoms. The van der Waals surface area contributed by atoms with Gasteiger partial charge < -0.3 is 9.64 Å². The van der Waals surface area contributed by atoms with Crippen LogP contribution in [0.15, 0.2) is 12.1 Å². The lowest BCUT2D eigenvalue weighted by atomic mass is 9.90. The van der Waals surface area contributed by atoms with Gasteiger partial charge in [-0.05, 0) is 44.0 Å². The third-order valence-corrected chi connectivity index (χ3v) is 5.05. The fourth-order valence-corrected chi connectivity index (χ4v) is 3.47. The Morgan fingerprint density at radius 2 is 1.96 bits per heavy atom. The number of ether oxygens (including phenoxy) is 1. The third kappa shape index (κ3) is 3.88. The predicted octanol–water partition coefficient (Wildman–Crippen LogP) is 5.00. The van der Waals surface area contributed by atoms with Gasteiger partial charge in [0.05, 0.1) is 5.69 Å². The van der Waals surface area contributed by atoms with Crippen molar-refractivity contribution in [3.05, 3.63) is 40.1 Å². The molecule has 0 aliphatic rings. The van der Waals surface area contributed by atoms with Crippen molar-refractivity contribution in [2.75, 3.05) is 13.6 Å². The van der Waals surface area contributed by atoms with Crippen LogP contribution in [0.5, 0.6) is 10.8 Å². The van der Waals surface area contributed by atoms with E-state index >= 15 is 0 Å². The minimum atomic E-state index is -0.211. The topological polar surface area (TPSA) is 73.0 Å². The standard InChI is InChI=1S/C20H26N4OS/c1-8-24(7)18(22)14-9-13(3)16(10-12(14)2)25-19-15(11-21)17(23-26-19)20(4,5)6/h9-10,22H,8H2,1-7H3. The molecule has 0 aliphatic carbocycles. The first-order chi connectivity index (χ1) is 12.1. The molecule has 1 aromatic carbocycles. The number of aromatic nitrogens is 1. The summed E-state index contributed by atoms with van der Waals surface area (Å²) >= 11 is 1.21. The van der Waals surface area contributed by atoms with E-state index in [1.165, 1.54) is 11.5 Å². The zero-order chi connectivity index (χ0) is 19.6. The second-order valence-corrected chi connectivity index (χ2v) is 8.19. The number of aryl methyl sites for hydroxylation is 2. The van der Waals surface area contributed by atoms with Gasteiger partial charge in [-0.25, -0.2) is 0 Å². The van der Waals surface area contributed by atoms with Gasteiger partial charge in [0.1, 0.15) is 23.2 Å². The SMILES string of the molecule is CCN(C)C(=N)c1cc(C)c(Oc2snc(C(C)(C)C)c2C#N)cc1C. The summed E-state index contributed by atoms with van der Waals surface area (Å²) in [4.78, 5) is 1.90. The van der Waals surface area contributed by atoms with Crippen LogP contribution in [0.3, 0.4) is 0 Å². The molecule has 0 unspecified atom stereocenters. The highest BCUT2D eigenvalue weighted by Gasteiger charge is 2.26. The maximum atomic E-state index is 9.56. The quantitative estimate of drug-likeness (QED) is 0.607. The van der Waals surface area contributed by atoms with Crippen LogP contribution in [0.1, 0.15) is 55.6 Å². The zero-order valence-corrected chi connectivity index (χ0v) is 17.3.